The van der Waals surface area contributed by atoms with Crippen molar-refractivity contribution < 1.29 is 19.6 Å². The Morgan fingerprint density at radius 2 is 1.69 bits per heavy atom. The predicted molar refractivity (Wildman–Crippen MR) is 101 cm³/mol. The number of nitrogens with two attached hydrogens (primary N) is 1. The maximum atomic E-state index is 12.5. The highest BCUT2D eigenvalue weighted by Crippen LogP contribution is 2.29. The molecule has 0 radical (unpaired) electrons. The van der Waals surface area contributed by atoms with Crippen molar-refractivity contribution in [3.8, 4) is 5.75 Å². The molecule has 4 heteroatoms. The summed E-state index contributed by atoms with van der Waals surface area (Å²) in [6.45, 7) is 6.78. The van der Waals surface area contributed by atoms with E-state index in [0.717, 1.165) is 37.2 Å². The molecule has 0 aliphatic carbocycles. The van der Waals surface area contributed by atoms with Gasteiger partial charge >= 0.3 is 5.97 Å². The molecule has 0 aromatic heterocycles. The van der Waals surface area contributed by atoms with Crippen LogP contribution in [0.5, 0.6) is 5.75 Å². The molecule has 0 atom stereocenters. The van der Waals surface area contributed by atoms with Gasteiger partial charge in [-0.15, -0.1) is 0 Å². The quantitative estimate of drug-likeness (QED) is 0.811. The highest BCUT2D eigenvalue weighted by Gasteiger charge is 2.35. The third kappa shape index (κ3) is 4.85. The van der Waals surface area contributed by atoms with Crippen LogP contribution >= 0.6 is 0 Å². The minimum atomic E-state index is -0.437. The van der Waals surface area contributed by atoms with Gasteiger partial charge in [-0.2, -0.15) is 0 Å². The summed E-state index contributed by atoms with van der Waals surface area (Å²) in [5, 5.41) is 2.32. The summed E-state index contributed by atoms with van der Waals surface area (Å²) >= 11 is 0. The first kappa shape index (κ1) is 18.5. The standard InChI is InChI=1S/C22H27NO3/c1-22(2,19-12-14-23-15-13-19)26-21(24)18-8-10-20(11-9-18)25-16-17-6-4-3-5-7-17/h3-11,19,23H,12-16H2,1-2H3/p+1. The Hall–Kier alpha value is -2.33. The predicted octanol–water partition coefficient (Wildman–Crippen LogP) is 3.17. The molecule has 2 aromatic rings. The molecular formula is C22H28NO3+. The number of ether oxygens (including phenoxy) is 2. The van der Waals surface area contributed by atoms with Gasteiger partial charge in [-0.1, -0.05) is 30.3 Å². The van der Waals surface area contributed by atoms with Crippen molar-refractivity contribution >= 4 is 5.97 Å². The lowest BCUT2D eigenvalue weighted by molar-refractivity contribution is -0.665. The van der Waals surface area contributed by atoms with E-state index in [1.54, 1.807) is 12.1 Å². The minimum absolute atomic E-state index is 0.265. The highest BCUT2D eigenvalue weighted by molar-refractivity contribution is 5.89. The number of hydrogen-bond donors (Lipinski definition) is 1. The molecule has 2 aromatic carbocycles. The van der Waals surface area contributed by atoms with Gasteiger partial charge in [0.1, 0.15) is 18.0 Å². The summed E-state index contributed by atoms with van der Waals surface area (Å²) < 4.78 is 11.6. The number of carbonyl (C=O) groups is 1. The van der Waals surface area contributed by atoms with Crippen LogP contribution in [0.2, 0.25) is 0 Å². The maximum absolute atomic E-state index is 12.5. The molecule has 0 saturated carbocycles. The Morgan fingerprint density at radius 1 is 1.04 bits per heavy atom. The summed E-state index contributed by atoms with van der Waals surface area (Å²) in [5.41, 5.74) is 1.24. The molecule has 3 rings (SSSR count). The average Bonchev–Trinajstić information content (AvgIpc) is 2.68. The molecule has 1 aliphatic heterocycles. The first-order valence-corrected chi connectivity index (χ1v) is 9.36. The fourth-order valence-electron chi connectivity index (χ4n) is 3.43. The molecule has 2 N–H and O–H groups in total. The second-order valence-electron chi connectivity index (χ2n) is 7.43. The number of rotatable bonds is 6. The molecule has 1 heterocycles. The summed E-state index contributed by atoms with van der Waals surface area (Å²) in [4.78, 5) is 12.5. The molecule has 1 aliphatic rings. The van der Waals surface area contributed by atoms with Crippen LogP contribution in [-0.2, 0) is 11.3 Å². The first-order chi connectivity index (χ1) is 12.5. The highest BCUT2D eigenvalue weighted by atomic mass is 16.6. The van der Waals surface area contributed by atoms with Crippen molar-refractivity contribution in [3.63, 3.8) is 0 Å². The van der Waals surface area contributed by atoms with Gasteiger partial charge < -0.3 is 14.8 Å². The third-order valence-electron chi connectivity index (χ3n) is 5.12. The van der Waals surface area contributed by atoms with Crippen LogP contribution in [0.25, 0.3) is 0 Å². The largest absolute Gasteiger partial charge is 0.489 e. The van der Waals surface area contributed by atoms with Gasteiger partial charge in [0.2, 0.25) is 0 Å². The number of esters is 1. The van der Waals surface area contributed by atoms with Crippen molar-refractivity contribution in [2.75, 3.05) is 13.1 Å². The number of piperidine rings is 1. The second kappa shape index (κ2) is 8.37. The second-order valence-corrected chi connectivity index (χ2v) is 7.43. The molecule has 0 unspecified atom stereocenters. The van der Waals surface area contributed by atoms with Gasteiger partial charge in [0, 0.05) is 18.8 Å². The number of hydrogen-bond acceptors (Lipinski definition) is 3. The van der Waals surface area contributed by atoms with Gasteiger partial charge in [-0.25, -0.2) is 4.79 Å². The molecule has 1 fully saturated rings. The molecule has 0 amide bonds. The van der Waals surface area contributed by atoms with Crippen LogP contribution in [0.1, 0.15) is 42.6 Å². The SMILES string of the molecule is CC(C)(OC(=O)c1ccc(OCc2ccccc2)cc1)C1CC[NH2+]CC1. The monoisotopic (exact) mass is 354 g/mol. The lowest BCUT2D eigenvalue weighted by Gasteiger charge is -2.35. The van der Waals surface area contributed by atoms with E-state index in [9.17, 15) is 4.79 Å². The van der Waals surface area contributed by atoms with Gasteiger partial charge in [-0.3, -0.25) is 0 Å². The van der Waals surface area contributed by atoms with Crippen molar-refractivity contribution in [3.05, 3.63) is 65.7 Å². The van der Waals surface area contributed by atoms with E-state index in [-0.39, 0.29) is 5.97 Å². The third-order valence-corrected chi connectivity index (χ3v) is 5.12. The van der Waals surface area contributed by atoms with E-state index in [0.29, 0.717) is 18.1 Å². The van der Waals surface area contributed by atoms with Gasteiger partial charge in [0.15, 0.2) is 0 Å². The molecule has 138 valence electrons. The van der Waals surface area contributed by atoms with Crippen LogP contribution in [-0.4, -0.2) is 24.7 Å². The zero-order valence-electron chi connectivity index (χ0n) is 15.6. The molecule has 1 saturated heterocycles. The zero-order valence-corrected chi connectivity index (χ0v) is 15.6. The van der Waals surface area contributed by atoms with Crippen molar-refractivity contribution in [2.24, 2.45) is 5.92 Å². The minimum Gasteiger partial charge on any atom is -0.489 e. The number of quaternary nitrogens is 1. The normalized spacial score (nSPS) is 15.5. The number of benzene rings is 2. The Labute approximate surface area is 155 Å². The van der Waals surface area contributed by atoms with Gasteiger partial charge in [0.05, 0.1) is 18.7 Å². The number of carbonyl (C=O) groups excluding carboxylic acids is 1. The van der Waals surface area contributed by atoms with Crippen LogP contribution < -0.4 is 10.1 Å². The Kier molecular flexibility index (Phi) is 5.94. The van der Waals surface area contributed by atoms with E-state index in [1.165, 1.54) is 0 Å². The lowest BCUT2D eigenvalue weighted by atomic mass is 9.83. The lowest BCUT2D eigenvalue weighted by Crippen LogP contribution is -2.86. The van der Waals surface area contributed by atoms with E-state index in [2.05, 4.69) is 5.32 Å². The van der Waals surface area contributed by atoms with Gasteiger partial charge in [0.25, 0.3) is 0 Å². The van der Waals surface area contributed by atoms with Gasteiger partial charge in [-0.05, 0) is 43.7 Å². The van der Waals surface area contributed by atoms with E-state index in [4.69, 9.17) is 9.47 Å². The average molecular weight is 354 g/mol. The molecule has 4 nitrogen and oxygen atoms in total. The summed E-state index contributed by atoms with van der Waals surface area (Å²) in [6.07, 6.45) is 2.18. The molecule has 0 bridgehead atoms. The van der Waals surface area contributed by atoms with Crippen molar-refractivity contribution in [2.45, 2.75) is 38.9 Å². The smallest absolute Gasteiger partial charge is 0.338 e. The molecule has 26 heavy (non-hydrogen) atoms. The van der Waals surface area contributed by atoms with Crippen molar-refractivity contribution in [1.82, 2.24) is 0 Å². The Bertz CT molecular complexity index is 704. The molecule has 0 spiro atoms. The van der Waals surface area contributed by atoms with Crippen LogP contribution in [0, 0.1) is 5.92 Å². The van der Waals surface area contributed by atoms with Crippen molar-refractivity contribution in [1.29, 1.82) is 0 Å². The Morgan fingerprint density at radius 3 is 2.35 bits per heavy atom. The first-order valence-electron chi connectivity index (χ1n) is 9.36. The van der Waals surface area contributed by atoms with Crippen LogP contribution in [0.4, 0.5) is 0 Å². The zero-order chi connectivity index (χ0) is 18.4. The fraction of sp³-hybridized carbons (Fsp3) is 0.409. The van der Waals surface area contributed by atoms with E-state index < -0.39 is 5.60 Å². The summed E-state index contributed by atoms with van der Waals surface area (Å²) in [5.74, 6) is 0.900. The fourth-order valence-corrected chi connectivity index (χ4v) is 3.43. The summed E-state index contributed by atoms with van der Waals surface area (Å²) in [6, 6.07) is 17.2. The molecular weight excluding hydrogens is 326 g/mol. The topological polar surface area (TPSA) is 52.1 Å². The van der Waals surface area contributed by atoms with E-state index >= 15 is 0 Å². The Balaban J connectivity index is 1.56. The van der Waals surface area contributed by atoms with Crippen LogP contribution in [0.3, 0.4) is 0 Å². The summed E-state index contributed by atoms with van der Waals surface area (Å²) in [7, 11) is 0. The van der Waals surface area contributed by atoms with Crippen LogP contribution in [0.15, 0.2) is 54.6 Å². The maximum Gasteiger partial charge on any atom is 0.338 e. The van der Waals surface area contributed by atoms with E-state index in [1.807, 2.05) is 56.3 Å².